The van der Waals surface area contributed by atoms with E-state index in [2.05, 4.69) is 20.7 Å². The van der Waals surface area contributed by atoms with Crippen LogP contribution in [0, 0.1) is 5.92 Å². The molecule has 0 fully saturated rings. The van der Waals surface area contributed by atoms with Crippen molar-refractivity contribution in [3.8, 4) is 0 Å². The molecule has 0 aliphatic heterocycles. The molecule has 0 bridgehead atoms. The lowest BCUT2D eigenvalue weighted by atomic mass is 10.1. The Balaban J connectivity index is 2.51. The van der Waals surface area contributed by atoms with Gasteiger partial charge in [0.2, 0.25) is 0 Å². The first kappa shape index (κ1) is 21.6. The lowest BCUT2D eigenvalue weighted by molar-refractivity contribution is -0.164. The van der Waals surface area contributed by atoms with Gasteiger partial charge in [0.15, 0.2) is 0 Å². The van der Waals surface area contributed by atoms with E-state index in [0.717, 1.165) is 16.6 Å². The highest BCUT2D eigenvalue weighted by Gasteiger charge is 2.23. The average Bonchev–Trinajstić information content (AvgIpc) is 2.61. The second-order valence-corrected chi connectivity index (χ2v) is 6.01. The predicted octanol–water partition coefficient (Wildman–Crippen LogP) is 2.36. The second kappa shape index (κ2) is 11.2. The number of halogens is 1. The van der Waals surface area contributed by atoms with Crippen LogP contribution in [0.5, 0.6) is 0 Å². The Morgan fingerprint density at radius 3 is 2.38 bits per heavy atom. The van der Waals surface area contributed by atoms with Crippen LogP contribution in [-0.4, -0.2) is 37.6 Å². The number of hydrogen-bond acceptors (Lipinski definition) is 7. The van der Waals surface area contributed by atoms with Gasteiger partial charge in [0, 0.05) is 16.6 Å². The van der Waals surface area contributed by atoms with E-state index in [1.165, 1.54) is 7.11 Å². The zero-order valence-corrected chi connectivity index (χ0v) is 16.0. The smallest absolute Gasteiger partial charge is 0.331 e. The third-order valence-corrected chi connectivity index (χ3v) is 4.09. The summed E-state index contributed by atoms with van der Waals surface area (Å²) in [5.41, 5.74) is 0.692. The van der Waals surface area contributed by atoms with E-state index in [1.54, 1.807) is 31.2 Å². The first-order chi connectivity index (χ1) is 12.4. The van der Waals surface area contributed by atoms with Crippen molar-refractivity contribution in [2.24, 2.45) is 5.92 Å². The molecule has 1 atom stereocenters. The largest absolute Gasteiger partial charge is 0.466 e. The molecule has 1 aromatic rings. The average molecular weight is 427 g/mol. The first-order valence-corrected chi connectivity index (χ1v) is 8.57. The fourth-order valence-corrected chi connectivity index (χ4v) is 2.24. The Morgan fingerprint density at radius 2 is 1.77 bits per heavy atom. The van der Waals surface area contributed by atoms with Crippen molar-refractivity contribution in [2.75, 3.05) is 13.7 Å². The number of rotatable bonds is 8. The highest BCUT2D eigenvalue weighted by Crippen LogP contribution is 2.17. The number of hydrogen-bond donors (Lipinski definition) is 0. The summed E-state index contributed by atoms with van der Waals surface area (Å²) in [5.74, 6) is -3.76. The third kappa shape index (κ3) is 7.60. The lowest BCUT2D eigenvalue weighted by Crippen LogP contribution is -2.26. The van der Waals surface area contributed by atoms with Crippen molar-refractivity contribution in [1.29, 1.82) is 0 Å². The van der Waals surface area contributed by atoms with E-state index in [-0.39, 0.29) is 13.0 Å². The summed E-state index contributed by atoms with van der Waals surface area (Å²) in [6.45, 7) is 1.43. The maximum atomic E-state index is 12.0. The van der Waals surface area contributed by atoms with Crippen LogP contribution in [0.1, 0.15) is 18.9 Å². The zero-order chi connectivity index (χ0) is 19.5. The molecule has 0 amide bonds. The quantitative estimate of drug-likeness (QED) is 0.272. The van der Waals surface area contributed by atoms with Crippen LogP contribution < -0.4 is 0 Å². The standard InChI is InChI=1S/C18H19BrO7/c1-3-12(11-25-16(21)9-8-15(20)24-2)18(23)26-17(22)10-13-6-4-5-7-14(13)19/h4-9,12H,3,10-11H2,1-2H3/b9-8-. The van der Waals surface area contributed by atoms with Crippen molar-refractivity contribution in [1.82, 2.24) is 0 Å². The van der Waals surface area contributed by atoms with E-state index in [4.69, 9.17) is 9.47 Å². The molecule has 1 aromatic carbocycles. The summed E-state index contributed by atoms with van der Waals surface area (Å²) in [6, 6.07) is 7.09. The van der Waals surface area contributed by atoms with Crippen molar-refractivity contribution in [3.63, 3.8) is 0 Å². The molecular formula is C18H19BrO7. The van der Waals surface area contributed by atoms with Gasteiger partial charge in [-0.2, -0.15) is 0 Å². The van der Waals surface area contributed by atoms with Crippen molar-refractivity contribution < 1.29 is 33.4 Å². The van der Waals surface area contributed by atoms with Crippen LogP contribution in [0.15, 0.2) is 40.9 Å². The van der Waals surface area contributed by atoms with Gasteiger partial charge in [-0.25, -0.2) is 9.59 Å². The minimum Gasteiger partial charge on any atom is -0.466 e. The normalized spacial score (nSPS) is 11.7. The molecule has 0 heterocycles. The Morgan fingerprint density at radius 1 is 1.12 bits per heavy atom. The van der Waals surface area contributed by atoms with Crippen LogP contribution in [0.3, 0.4) is 0 Å². The van der Waals surface area contributed by atoms with Gasteiger partial charge < -0.3 is 14.2 Å². The number of carbonyl (C=O) groups is 4. The fourth-order valence-electron chi connectivity index (χ4n) is 1.82. The number of benzene rings is 1. The van der Waals surface area contributed by atoms with Gasteiger partial charge in [-0.1, -0.05) is 41.1 Å². The summed E-state index contributed by atoms with van der Waals surface area (Å²) in [6.07, 6.45) is 2.05. The molecule has 140 valence electrons. The molecular weight excluding hydrogens is 408 g/mol. The Bertz CT molecular complexity index is 697. The van der Waals surface area contributed by atoms with Crippen LogP contribution >= 0.6 is 15.9 Å². The van der Waals surface area contributed by atoms with Crippen molar-refractivity contribution in [2.45, 2.75) is 19.8 Å². The molecule has 0 aliphatic rings. The van der Waals surface area contributed by atoms with Crippen molar-refractivity contribution >= 4 is 39.8 Å². The summed E-state index contributed by atoms with van der Waals surface area (Å²) < 4.78 is 14.8. The molecule has 0 aromatic heterocycles. The van der Waals surface area contributed by atoms with E-state index in [0.29, 0.717) is 12.0 Å². The second-order valence-electron chi connectivity index (χ2n) is 5.15. The maximum absolute atomic E-state index is 12.0. The molecule has 0 spiro atoms. The molecule has 0 saturated carbocycles. The molecule has 0 N–H and O–H groups in total. The zero-order valence-electron chi connectivity index (χ0n) is 14.4. The molecule has 1 unspecified atom stereocenters. The predicted molar refractivity (Wildman–Crippen MR) is 94.8 cm³/mol. The maximum Gasteiger partial charge on any atom is 0.331 e. The minimum atomic E-state index is -0.804. The van der Waals surface area contributed by atoms with Gasteiger partial charge in [0.05, 0.1) is 19.4 Å². The van der Waals surface area contributed by atoms with Crippen LogP contribution in [0.4, 0.5) is 0 Å². The topological polar surface area (TPSA) is 96.0 Å². The highest BCUT2D eigenvalue weighted by molar-refractivity contribution is 9.10. The van der Waals surface area contributed by atoms with Crippen molar-refractivity contribution in [3.05, 3.63) is 46.5 Å². The lowest BCUT2D eigenvalue weighted by Gasteiger charge is -2.13. The Hall–Kier alpha value is -2.48. The molecule has 26 heavy (non-hydrogen) atoms. The molecule has 7 nitrogen and oxygen atoms in total. The Labute approximate surface area is 159 Å². The fraction of sp³-hybridized carbons (Fsp3) is 0.333. The van der Waals surface area contributed by atoms with Crippen LogP contribution in [-0.2, 0) is 39.8 Å². The van der Waals surface area contributed by atoms with E-state index in [9.17, 15) is 19.2 Å². The third-order valence-electron chi connectivity index (χ3n) is 3.32. The van der Waals surface area contributed by atoms with Gasteiger partial charge in [-0.05, 0) is 18.1 Å². The molecule has 0 radical (unpaired) electrons. The van der Waals surface area contributed by atoms with Gasteiger partial charge >= 0.3 is 23.9 Å². The molecule has 1 rings (SSSR count). The number of methoxy groups -OCH3 is 1. The summed E-state index contributed by atoms with van der Waals surface area (Å²) >= 11 is 3.31. The highest BCUT2D eigenvalue weighted by atomic mass is 79.9. The van der Waals surface area contributed by atoms with Gasteiger partial charge in [0.25, 0.3) is 0 Å². The van der Waals surface area contributed by atoms with Gasteiger partial charge in [-0.15, -0.1) is 0 Å². The van der Waals surface area contributed by atoms with Crippen LogP contribution in [0.25, 0.3) is 0 Å². The molecule has 8 heteroatoms. The molecule has 0 saturated heterocycles. The van der Waals surface area contributed by atoms with E-state index >= 15 is 0 Å². The number of ether oxygens (including phenoxy) is 3. The first-order valence-electron chi connectivity index (χ1n) is 7.78. The SMILES string of the molecule is CCC(COC(=O)/C=C\C(=O)OC)C(=O)OC(=O)Cc1ccccc1Br. The summed E-state index contributed by atoms with van der Waals surface area (Å²) in [7, 11) is 1.17. The molecule has 0 aliphatic carbocycles. The van der Waals surface area contributed by atoms with Gasteiger partial charge in [-0.3, -0.25) is 9.59 Å². The van der Waals surface area contributed by atoms with E-state index < -0.39 is 29.8 Å². The number of carbonyl (C=O) groups excluding carboxylic acids is 4. The Kier molecular flexibility index (Phi) is 9.29. The summed E-state index contributed by atoms with van der Waals surface area (Å²) in [5, 5.41) is 0. The van der Waals surface area contributed by atoms with E-state index in [1.807, 2.05) is 0 Å². The van der Waals surface area contributed by atoms with Gasteiger partial charge in [0.1, 0.15) is 6.61 Å². The number of esters is 4. The van der Waals surface area contributed by atoms with Crippen LogP contribution in [0.2, 0.25) is 0 Å². The minimum absolute atomic E-state index is 0.0642. The monoisotopic (exact) mass is 426 g/mol. The summed E-state index contributed by atoms with van der Waals surface area (Å²) in [4.78, 5) is 46.3.